The second-order valence-electron chi connectivity index (χ2n) is 6.52. The summed E-state index contributed by atoms with van der Waals surface area (Å²) in [5.41, 5.74) is 0.277. The summed E-state index contributed by atoms with van der Waals surface area (Å²) >= 11 is 0. The molecule has 0 aliphatic heterocycles. The van der Waals surface area contributed by atoms with Crippen molar-refractivity contribution in [3.8, 4) is 5.88 Å². The Morgan fingerprint density at radius 2 is 2.04 bits per heavy atom. The van der Waals surface area contributed by atoms with Gasteiger partial charge in [-0.25, -0.2) is 13.8 Å². The van der Waals surface area contributed by atoms with Gasteiger partial charge in [0.15, 0.2) is 0 Å². The molecule has 1 fully saturated rings. The Morgan fingerprint density at radius 1 is 1.31 bits per heavy atom. The molecule has 1 heterocycles. The number of ether oxygens (including phenoxy) is 1. The van der Waals surface area contributed by atoms with Crippen LogP contribution in [0.15, 0.2) is 30.5 Å². The third kappa shape index (κ3) is 3.53. The van der Waals surface area contributed by atoms with Gasteiger partial charge < -0.3 is 15.2 Å². The highest BCUT2D eigenvalue weighted by molar-refractivity contribution is 5.95. The lowest BCUT2D eigenvalue weighted by Gasteiger charge is -2.38. The molecule has 7 heteroatoms. The minimum absolute atomic E-state index is 0.0416. The van der Waals surface area contributed by atoms with Crippen LogP contribution >= 0.6 is 0 Å². The SMILES string of the molecule is COc1ccc([C@@H](NC(=O)c2c(F)ccc(C)c2F)C2CC(O)C2)cn1. The summed E-state index contributed by atoms with van der Waals surface area (Å²) in [7, 11) is 1.49. The van der Waals surface area contributed by atoms with Crippen LogP contribution < -0.4 is 10.1 Å². The number of aliphatic hydroxyl groups is 1. The van der Waals surface area contributed by atoms with E-state index < -0.39 is 35.3 Å². The quantitative estimate of drug-likeness (QED) is 0.858. The van der Waals surface area contributed by atoms with Crippen LogP contribution in [-0.2, 0) is 0 Å². The second-order valence-corrected chi connectivity index (χ2v) is 6.52. The van der Waals surface area contributed by atoms with Crippen LogP contribution in [0.4, 0.5) is 8.78 Å². The van der Waals surface area contributed by atoms with Gasteiger partial charge in [0.05, 0.1) is 19.3 Å². The Morgan fingerprint density at radius 3 is 2.62 bits per heavy atom. The molecule has 0 saturated heterocycles. The highest BCUT2D eigenvalue weighted by Gasteiger charge is 2.36. The van der Waals surface area contributed by atoms with Gasteiger partial charge in [0.25, 0.3) is 5.91 Å². The molecule has 2 N–H and O–H groups in total. The first kappa shape index (κ1) is 18.3. The number of amides is 1. The molecule has 0 radical (unpaired) electrons. The average Bonchev–Trinajstić information content (AvgIpc) is 2.61. The molecule has 1 atom stereocenters. The number of aromatic nitrogens is 1. The van der Waals surface area contributed by atoms with Crippen molar-refractivity contribution in [2.75, 3.05) is 7.11 Å². The number of halogens is 2. The number of aliphatic hydroxyl groups excluding tert-OH is 1. The van der Waals surface area contributed by atoms with Gasteiger partial charge in [-0.15, -0.1) is 0 Å². The number of carbonyl (C=O) groups is 1. The van der Waals surface area contributed by atoms with E-state index in [1.165, 1.54) is 20.1 Å². The molecule has 0 bridgehead atoms. The van der Waals surface area contributed by atoms with Crippen molar-refractivity contribution < 1.29 is 23.4 Å². The number of rotatable bonds is 5. The number of nitrogens with zero attached hydrogens (tertiary/aromatic N) is 1. The standard InChI is InChI=1S/C19H20F2N2O3/c1-10-3-5-14(20)16(17(10)21)19(25)23-18(12-7-13(24)8-12)11-4-6-15(26-2)22-9-11/h3-6,9,12-13,18,24H,7-8H2,1-2H3,(H,23,25)/t12?,13?,18-/m1/s1. The van der Waals surface area contributed by atoms with Crippen molar-refractivity contribution in [2.45, 2.75) is 31.9 Å². The average molecular weight is 362 g/mol. The predicted octanol–water partition coefficient (Wildman–Crippen LogP) is 2.92. The number of aryl methyl sites for hydroxylation is 1. The summed E-state index contributed by atoms with van der Waals surface area (Å²) in [5, 5.41) is 12.3. The Balaban J connectivity index is 1.88. The van der Waals surface area contributed by atoms with Crippen molar-refractivity contribution in [2.24, 2.45) is 5.92 Å². The summed E-state index contributed by atoms with van der Waals surface area (Å²) in [4.78, 5) is 16.7. The summed E-state index contributed by atoms with van der Waals surface area (Å²) in [6.07, 6.45) is 2.11. The molecule has 3 rings (SSSR count). The van der Waals surface area contributed by atoms with Gasteiger partial charge in [0.1, 0.15) is 17.2 Å². The summed E-state index contributed by atoms with van der Waals surface area (Å²) in [6, 6.07) is 5.24. The Hall–Kier alpha value is -2.54. The maximum absolute atomic E-state index is 14.3. The first-order chi connectivity index (χ1) is 12.4. The van der Waals surface area contributed by atoms with Crippen molar-refractivity contribution in [3.05, 3.63) is 58.8 Å². The number of methoxy groups -OCH3 is 1. The fourth-order valence-corrected chi connectivity index (χ4v) is 3.15. The first-order valence-corrected chi connectivity index (χ1v) is 8.34. The van der Waals surface area contributed by atoms with E-state index in [0.717, 1.165) is 6.07 Å². The van der Waals surface area contributed by atoms with Crippen LogP contribution in [0.2, 0.25) is 0 Å². The number of benzene rings is 1. The lowest BCUT2D eigenvalue weighted by molar-refractivity contribution is 0.0233. The Labute approximate surface area is 150 Å². The minimum Gasteiger partial charge on any atom is -0.481 e. The maximum atomic E-state index is 14.3. The third-order valence-electron chi connectivity index (χ3n) is 4.75. The summed E-state index contributed by atoms with van der Waals surface area (Å²) in [5.74, 6) is -2.23. The lowest BCUT2D eigenvalue weighted by atomic mass is 9.75. The summed E-state index contributed by atoms with van der Waals surface area (Å²) in [6.45, 7) is 1.47. The number of hydrogen-bond acceptors (Lipinski definition) is 4. The van der Waals surface area contributed by atoms with Crippen molar-refractivity contribution in [1.29, 1.82) is 0 Å². The summed E-state index contributed by atoms with van der Waals surface area (Å²) < 4.78 is 33.3. The molecule has 1 saturated carbocycles. The van der Waals surface area contributed by atoms with Gasteiger partial charge in [0.2, 0.25) is 5.88 Å². The largest absolute Gasteiger partial charge is 0.481 e. The molecule has 1 aromatic heterocycles. The number of hydrogen-bond donors (Lipinski definition) is 2. The van der Waals surface area contributed by atoms with Crippen LogP contribution in [-0.4, -0.2) is 29.2 Å². The number of pyridine rings is 1. The first-order valence-electron chi connectivity index (χ1n) is 8.34. The van der Waals surface area contributed by atoms with E-state index in [1.807, 2.05) is 0 Å². The van der Waals surface area contributed by atoms with Gasteiger partial charge in [-0.2, -0.15) is 0 Å². The zero-order valence-corrected chi connectivity index (χ0v) is 14.5. The fraction of sp³-hybridized carbons (Fsp3) is 0.368. The third-order valence-corrected chi connectivity index (χ3v) is 4.75. The van der Waals surface area contributed by atoms with Gasteiger partial charge in [0, 0.05) is 12.3 Å². The van der Waals surface area contributed by atoms with Crippen LogP contribution in [0, 0.1) is 24.5 Å². The second kappa shape index (κ2) is 7.37. The van der Waals surface area contributed by atoms with E-state index in [9.17, 15) is 18.7 Å². The smallest absolute Gasteiger partial charge is 0.257 e. The molecule has 1 aliphatic rings. The molecule has 0 unspecified atom stereocenters. The monoisotopic (exact) mass is 362 g/mol. The zero-order chi connectivity index (χ0) is 18.8. The van der Waals surface area contributed by atoms with Crippen molar-refractivity contribution >= 4 is 5.91 Å². The van der Waals surface area contributed by atoms with Crippen molar-refractivity contribution in [1.82, 2.24) is 10.3 Å². The van der Waals surface area contributed by atoms with E-state index in [-0.39, 0.29) is 11.5 Å². The zero-order valence-electron chi connectivity index (χ0n) is 14.5. The van der Waals surface area contributed by atoms with Crippen LogP contribution in [0.25, 0.3) is 0 Å². The Kier molecular flexibility index (Phi) is 5.18. The normalized spacial score (nSPS) is 20.2. The molecule has 1 aliphatic carbocycles. The molecule has 5 nitrogen and oxygen atoms in total. The molecule has 0 spiro atoms. The van der Waals surface area contributed by atoms with Gasteiger partial charge in [-0.1, -0.05) is 12.1 Å². The molecule has 1 aromatic carbocycles. The van der Waals surface area contributed by atoms with E-state index in [4.69, 9.17) is 4.74 Å². The Bertz CT molecular complexity index is 805. The molecule has 2 aromatic rings. The number of carbonyl (C=O) groups excluding carboxylic acids is 1. The number of nitrogens with one attached hydrogen (secondary N) is 1. The molecule has 138 valence electrons. The minimum atomic E-state index is -0.911. The van der Waals surface area contributed by atoms with Crippen molar-refractivity contribution in [3.63, 3.8) is 0 Å². The van der Waals surface area contributed by atoms with Gasteiger partial charge in [-0.3, -0.25) is 4.79 Å². The van der Waals surface area contributed by atoms with E-state index >= 15 is 0 Å². The topological polar surface area (TPSA) is 71.5 Å². The predicted molar refractivity (Wildman–Crippen MR) is 90.8 cm³/mol. The highest BCUT2D eigenvalue weighted by Crippen LogP contribution is 2.38. The molecule has 1 amide bonds. The van der Waals surface area contributed by atoms with E-state index in [2.05, 4.69) is 10.3 Å². The molecular formula is C19H20F2N2O3. The lowest BCUT2D eigenvalue weighted by Crippen LogP contribution is -2.42. The highest BCUT2D eigenvalue weighted by atomic mass is 19.1. The molecular weight excluding hydrogens is 342 g/mol. The van der Waals surface area contributed by atoms with Crippen LogP contribution in [0.3, 0.4) is 0 Å². The fourth-order valence-electron chi connectivity index (χ4n) is 3.15. The van der Waals surface area contributed by atoms with Crippen LogP contribution in [0.1, 0.15) is 40.4 Å². The molecule has 26 heavy (non-hydrogen) atoms. The van der Waals surface area contributed by atoms with Gasteiger partial charge in [-0.05, 0) is 42.9 Å². The maximum Gasteiger partial charge on any atom is 0.257 e. The van der Waals surface area contributed by atoms with E-state index in [0.29, 0.717) is 24.3 Å². The van der Waals surface area contributed by atoms with Crippen LogP contribution in [0.5, 0.6) is 5.88 Å². The van der Waals surface area contributed by atoms with E-state index in [1.54, 1.807) is 18.3 Å². The van der Waals surface area contributed by atoms with Gasteiger partial charge >= 0.3 is 0 Å².